The van der Waals surface area contributed by atoms with E-state index in [4.69, 9.17) is 4.74 Å². The van der Waals surface area contributed by atoms with E-state index in [1.165, 1.54) is 34.8 Å². The van der Waals surface area contributed by atoms with E-state index in [9.17, 15) is 9.18 Å². The van der Waals surface area contributed by atoms with Crippen LogP contribution >= 0.6 is 22.7 Å². The molecule has 8 heteroatoms. The smallest absolute Gasteiger partial charge is 0.269 e. The van der Waals surface area contributed by atoms with Gasteiger partial charge in [0.05, 0.1) is 11.4 Å². The SMILES string of the molecule is Cc1ccc(C)c(-c2csc(NC(=O)c3sc(COc4ccc(F)cc4)nc3C)n2)c1. The normalized spacial score (nSPS) is 10.8. The van der Waals surface area contributed by atoms with Gasteiger partial charge in [0.25, 0.3) is 5.91 Å². The average molecular weight is 454 g/mol. The van der Waals surface area contributed by atoms with Crippen LogP contribution in [0.4, 0.5) is 9.52 Å². The summed E-state index contributed by atoms with van der Waals surface area (Å²) in [7, 11) is 0. The topological polar surface area (TPSA) is 64.1 Å². The van der Waals surface area contributed by atoms with Crippen LogP contribution in [0.2, 0.25) is 0 Å². The number of carbonyl (C=O) groups is 1. The van der Waals surface area contributed by atoms with Gasteiger partial charge in [0.15, 0.2) is 5.13 Å². The molecule has 158 valence electrons. The lowest BCUT2D eigenvalue weighted by molar-refractivity contribution is 0.103. The van der Waals surface area contributed by atoms with Crippen molar-refractivity contribution in [2.75, 3.05) is 5.32 Å². The number of thiazole rings is 2. The first kappa shape index (κ1) is 21.1. The van der Waals surface area contributed by atoms with Crippen molar-refractivity contribution >= 4 is 33.7 Å². The minimum atomic E-state index is -0.320. The molecule has 0 aliphatic rings. The van der Waals surface area contributed by atoms with Crippen LogP contribution in [0.5, 0.6) is 5.75 Å². The van der Waals surface area contributed by atoms with Crippen molar-refractivity contribution in [3.05, 3.63) is 80.4 Å². The van der Waals surface area contributed by atoms with Crippen molar-refractivity contribution in [1.29, 1.82) is 0 Å². The summed E-state index contributed by atoms with van der Waals surface area (Å²) in [6.45, 7) is 6.08. The van der Waals surface area contributed by atoms with Gasteiger partial charge >= 0.3 is 0 Å². The number of aryl methyl sites for hydroxylation is 3. The minimum Gasteiger partial charge on any atom is -0.486 e. The lowest BCUT2D eigenvalue weighted by Gasteiger charge is -2.04. The number of anilines is 1. The Morgan fingerprint density at radius 2 is 1.87 bits per heavy atom. The first-order valence-corrected chi connectivity index (χ1v) is 11.3. The summed E-state index contributed by atoms with van der Waals surface area (Å²) in [5.41, 5.74) is 4.83. The van der Waals surface area contributed by atoms with E-state index < -0.39 is 0 Å². The van der Waals surface area contributed by atoms with Crippen LogP contribution in [0.3, 0.4) is 0 Å². The fraction of sp³-hybridized carbons (Fsp3) is 0.174. The third-order valence-electron chi connectivity index (χ3n) is 4.62. The molecule has 0 spiro atoms. The molecule has 4 rings (SSSR count). The van der Waals surface area contributed by atoms with Gasteiger partial charge in [-0.1, -0.05) is 17.7 Å². The highest BCUT2D eigenvalue weighted by Crippen LogP contribution is 2.29. The van der Waals surface area contributed by atoms with Crippen LogP contribution in [-0.2, 0) is 6.61 Å². The third-order valence-corrected chi connectivity index (χ3v) is 6.50. The van der Waals surface area contributed by atoms with Gasteiger partial charge in [-0.15, -0.1) is 22.7 Å². The number of benzene rings is 2. The van der Waals surface area contributed by atoms with Crippen LogP contribution in [0.25, 0.3) is 11.3 Å². The molecule has 2 aromatic carbocycles. The molecular formula is C23H20FN3O2S2. The van der Waals surface area contributed by atoms with Crippen molar-refractivity contribution in [2.24, 2.45) is 0 Å². The molecule has 0 atom stereocenters. The van der Waals surface area contributed by atoms with E-state index in [2.05, 4.69) is 33.5 Å². The fourth-order valence-corrected chi connectivity index (χ4v) is 4.60. The number of rotatable bonds is 6. The summed E-state index contributed by atoms with van der Waals surface area (Å²) in [4.78, 5) is 22.3. The zero-order chi connectivity index (χ0) is 22.0. The molecule has 2 heterocycles. The lowest BCUT2D eigenvalue weighted by Crippen LogP contribution is -2.11. The Labute approximate surface area is 187 Å². The molecule has 31 heavy (non-hydrogen) atoms. The van der Waals surface area contributed by atoms with Gasteiger partial charge < -0.3 is 4.74 Å². The van der Waals surface area contributed by atoms with E-state index in [1.807, 2.05) is 19.2 Å². The molecule has 0 fully saturated rings. The highest BCUT2D eigenvalue weighted by atomic mass is 32.1. The van der Waals surface area contributed by atoms with E-state index in [-0.39, 0.29) is 18.3 Å². The van der Waals surface area contributed by atoms with Gasteiger partial charge in [-0.25, -0.2) is 14.4 Å². The summed E-state index contributed by atoms with van der Waals surface area (Å²) in [6.07, 6.45) is 0. The predicted octanol–water partition coefficient (Wildman–Crippen LogP) is 6.16. The molecule has 0 unspecified atom stereocenters. The Hall–Kier alpha value is -3.10. The van der Waals surface area contributed by atoms with E-state index in [0.717, 1.165) is 22.4 Å². The van der Waals surface area contributed by atoms with Gasteiger partial charge in [0, 0.05) is 10.9 Å². The number of hydrogen-bond donors (Lipinski definition) is 1. The molecule has 0 bridgehead atoms. The monoisotopic (exact) mass is 453 g/mol. The van der Waals surface area contributed by atoms with Crippen molar-refractivity contribution in [2.45, 2.75) is 27.4 Å². The Morgan fingerprint density at radius 3 is 2.65 bits per heavy atom. The Kier molecular flexibility index (Phi) is 6.11. The molecule has 0 saturated heterocycles. The molecule has 0 saturated carbocycles. The Morgan fingerprint density at radius 1 is 1.10 bits per heavy atom. The zero-order valence-corrected chi connectivity index (χ0v) is 18.9. The maximum absolute atomic E-state index is 13.0. The first-order valence-electron chi connectivity index (χ1n) is 9.58. The molecule has 1 amide bonds. The number of nitrogens with one attached hydrogen (secondary N) is 1. The molecular weight excluding hydrogens is 433 g/mol. The molecule has 4 aromatic rings. The number of aromatic nitrogens is 2. The summed E-state index contributed by atoms with van der Waals surface area (Å²) < 4.78 is 18.6. The third kappa shape index (κ3) is 4.98. The number of carbonyl (C=O) groups excluding carboxylic acids is 1. The Bertz CT molecular complexity index is 1230. The summed E-state index contributed by atoms with van der Waals surface area (Å²) in [6, 6.07) is 12.0. The summed E-state index contributed by atoms with van der Waals surface area (Å²) >= 11 is 2.66. The second kappa shape index (κ2) is 8.95. The first-order chi connectivity index (χ1) is 14.9. The highest BCUT2D eigenvalue weighted by Gasteiger charge is 2.18. The largest absolute Gasteiger partial charge is 0.486 e. The minimum absolute atomic E-state index is 0.207. The second-order valence-corrected chi connectivity index (χ2v) is 9.02. The molecule has 5 nitrogen and oxygen atoms in total. The van der Waals surface area contributed by atoms with Crippen LogP contribution in [0.15, 0.2) is 47.8 Å². The van der Waals surface area contributed by atoms with E-state index in [1.54, 1.807) is 19.1 Å². The van der Waals surface area contributed by atoms with E-state index >= 15 is 0 Å². The molecule has 0 radical (unpaired) electrons. The maximum atomic E-state index is 13.0. The quantitative estimate of drug-likeness (QED) is 0.380. The van der Waals surface area contributed by atoms with Gasteiger partial charge in [-0.2, -0.15) is 0 Å². The summed E-state index contributed by atoms with van der Waals surface area (Å²) in [5.74, 6) is -0.0220. The number of amides is 1. The van der Waals surface area contributed by atoms with Gasteiger partial charge in [0.1, 0.15) is 28.1 Å². The molecule has 0 aliphatic heterocycles. The lowest BCUT2D eigenvalue weighted by atomic mass is 10.0. The number of hydrogen-bond acceptors (Lipinski definition) is 6. The van der Waals surface area contributed by atoms with Gasteiger partial charge in [-0.05, 0) is 56.7 Å². The Balaban J connectivity index is 1.44. The average Bonchev–Trinajstić information content (AvgIpc) is 3.36. The van der Waals surface area contributed by atoms with E-state index in [0.29, 0.717) is 26.5 Å². The molecule has 1 N–H and O–H groups in total. The van der Waals surface area contributed by atoms with Crippen molar-refractivity contribution in [1.82, 2.24) is 9.97 Å². The van der Waals surface area contributed by atoms with Crippen LogP contribution in [0.1, 0.15) is 31.5 Å². The fourth-order valence-electron chi connectivity index (χ4n) is 3.02. The number of halogens is 1. The number of ether oxygens (including phenoxy) is 1. The van der Waals surface area contributed by atoms with Crippen molar-refractivity contribution < 1.29 is 13.9 Å². The molecule has 0 aliphatic carbocycles. The van der Waals surface area contributed by atoms with Crippen molar-refractivity contribution in [3.63, 3.8) is 0 Å². The van der Waals surface area contributed by atoms with Crippen molar-refractivity contribution in [3.8, 4) is 17.0 Å². The highest BCUT2D eigenvalue weighted by molar-refractivity contribution is 7.15. The molecule has 2 aromatic heterocycles. The van der Waals surface area contributed by atoms with Crippen LogP contribution in [-0.4, -0.2) is 15.9 Å². The number of nitrogens with zero attached hydrogens (tertiary/aromatic N) is 2. The predicted molar refractivity (Wildman–Crippen MR) is 123 cm³/mol. The second-order valence-electron chi connectivity index (χ2n) is 7.08. The van der Waals surface area contributed by atoms with Gasteiger partial charge in [0.2, 0.25) is 0 Å². The van der Waals surface area contributed by atoms with Gasteiger partial charge in [-0.3, -0.25) is 10.1 Å². The van der Waals surface area contributed by atoms with Crippen LogP contribution < -0.4 is 10.1 Å². The standard InChI is InChI=1S/C23H20FN3O2S2/c1-13-4-5-14(2)18(10-13)19-12-30-23(26-19)27-22(28)21-15(3)25-20(31-21)11-29-17-8-6-16(24)7-9-17/h4-10,12H,11H2,1-3H3,(H,26,27,28). The summed E-state index contributed by atoms with van der Waals surface area (Å²) in [5, 5.41) is 6.02. The maximum Gasteiger partial charge on any atom is 0.269 e. The van der Waals surface area contributed by atoms with Crippen LogP contribution in [0, 0.1) is 26.6 Å². The zero-order valence-electron chi connectivity index (χ0n) is 17.2.